The second-order valence-corrected chi connectivity index (χ2v) is 4.39. The fourth-order valence-electron chi connectivity index (χ4n) is 1.86. The van der Waals surface area contributed by atoms with Crippen molar-refractivity contribution in [2.24, 2.45) is 5.73 Å². The molecule has 2 aromatic carbocycles. The second kappa shape index (κ2) is 6.71. The van der Waals surface area contributed by atoms with Crippen molar-refractivity contribution in [3.05, 3.63) is 71.3 Å². The summed E-state index contributed by atoms with van der Waals surface area (Å²) >= 11 is 0. The Hall–Kier alpha value is -2.13. The van der Waals surface area contributed by atoms with Crippen LogP contribution < -0.4 is 11.1 Å². The zero-order chi connectivity index (χ0) is 13.5. The number of hydrogen-bond donors (Lipinski definition) is 2. The van der Waals surface area contributed by atoms with Gasteiger partial charge in [-0.1, -0.05) is 42.5 Å². The molecular weight excluding hydrogens is 236 g/mol. The van der Waals surface area contributed by atoms with Crippen LogP contribution >= 0.6 is 0 Å². The number of benzene rings is 2. The van der Waals surface area contributed by atoms with E-state index in [0.29, 0.717) is 18.7 Å². The molecule has 0 aliphatic heterocycles. The van der Waals surface area contributed by atoms with Crippen molar-refractivity contribution in [1.82, 2.24) is 5.32 Å². The van der Waals surface area contributed by atoms with Gasteiger partial charge in [-0.2, -0.15) is 0 Å². The van der Waals surface area contributed by atoms with E-state index < -0.39 is 0 Å². The Labute approximate surface area is 113 Å². The van der Waals surface area contributed by atoms with E-state index in [9.17, 15) is 4.79 Å². The summed E-state index contributed by atoms with van der Waals surface area (Å²) in [7, 11) is 0. The summed E-state index contributed by atoms with van der Waals surface area (Å²) in [6.45, 7) is 1.14. The van der Waals surface area contributed by atoms with Gasteiger partial charge in [0.2, 0.25) is 0 Å². The van der Waals surface area contributed by atoms with Gasteiger partial charge < -0.3 is 11.1 Å². The number of nitrogens with two attached hydrogens (primary N) is 1. The average molecular weight is 254 g/mol. The summed E-state index contributed by atoms with van der Waals surface area (Å²) < 4.78 is 0. The van der Waals surface area contributed by atoms with Crippen molar-refractivity contribution in [3.8, 4) is 0 Å². The fourth-order valence-corrected chi connectivity index (χ4v) is 1.86. The number of hydrogen-bond acceptors (Lipinski definition) is 2. The van der Waals surface area contributed by atoms with Crippen LogP contribution in [0.5, 0.6) is 0 Å². The number of rotatable bonds is 5. The van der Waals surface area contributed by atoms with Gasteiger partial charge in [-0.3, -0.25) is 4.79 Å². The maximum Gasteiger partial charge on any atom is 0.251 e. The lowest BCUT2D eigenvalue weighted by Gasteiger charge is -2.06. The lowest BCUT2D eigenvalue weighted by Crippen LogP contribution is -2.25. The third-order valence-corrected chi connectivity index (χ3v) is 2.99. The standard InChI is InChI=1S/C16H18N2O/c17-12-14-6-8-15(9-7-14)16(19)18-11-10-13-4-2-1-3-5-13/h1-9H,10-12,17H2,(H,18,19). The van der Waals surface area contributed by atoms with Crippen LogP contribution in [-0.2, 0) is 13.0 Å². The van der Waals surface area contributed by atoms with E-state index in [2.05, 4.69) is 17.4 Å². The normalized spacial score (nSPS) is 10.2. The fraction of sp³-hybridized carbons (Fsp3) is 0.188. The maximum atomic E-state index is 11.9. The van der Waals surface area contributed by atoms with Crippen LogP contribution in [0.2, 0.25) is 0 Å². The SMILES string of the molecule is NCc1ccc(C(=O)NCCc2ccccc2)cc1. The Kier molecular flexibility index (Phi) is 4.70. The lowest BCUT2D eigenvalue weighted by molar-refractivity contribution is 0.0954. The number of carbonyl (C=O) groups is 1. The van der Waals surface area contributed by atoms with E-state index in [1.807, 2.05) is 30.3 Å². The van der Waals surface area contributed by atoms with Crippen molar-refractivity contribution in [3.63, 3.8) is 0 Å². The van der Waals surface area contributed by atoms with Crippen molar-refractivity contribution >= 4 is 5.91 Å². The quantitative estimate of drug-likeness (QED) is 0.858. The van der Waals surface area contributed by atoms with Crippen molar-refractivity contribution < 1.29 is 4.79 Å². The minimum absolute atomic E-state index is 0.0421. The van der Waals surface area contributed by atoms with Gasteiger partial charge in [0.15, 0.2) is 0 Å². The molecule has 3 heteroatoms. The van der Waals surface area contributed by atoms with Crippen LogP contribution in [0.25, 0.3) is 0 Å². The smallest absolute Gasteiger partial charge is 0.251 e. The van der Waals surface area contributed by atoms with Gasteiger partial charge in [-0.15, -0.1) is 0 Å². The van der Waals surface area contributed by atoms with Gasteiger partial charge in [0.25, 0.3) is 5.91 Å². The van der Waals surface area contributed by atoms with Crippen LogP contribution in [0, 0.1) is 0 Å². The first-order valence-electron chi connectivity index (χ1n) is 6.41. The average Bonchev–Trinajstić information content (AvgIpc) is 2.48. The molecule has 3 N–H and O–H groups in total. The van der Waals surface area contributed by atoms with E-state index in [0.717, 1.165) is 12.0 Å². The van der Waals surface area contributed by atoms with E-state index >= 15 is 0 Å². The van der Waals surface area contributed by atoms with Gasteiger partial charge in [-0.05, 0) is 29.7 Å². The van der Waals surface area contributed by atoms with Crippen LogP contribution in [0.1, 0.15) is 21.5 Å². The van der Waals surface area contributed by atoms with Gasteiger partial charge in [0.1, 0.15) is 0 Å². The first-order chi connectivity index (χ1) is 9.29. The highest BCUT2D eigenvalue weighted by atomic mass is 16.1. The molecule has 0 aliphatic carbocycles. The van der Waals surface area contributed by atoms with Crippen LogP contribution in [-0.4, -0.2) is 12.5 Å². The summed E-state index contributed by atoms with van der Waals surface area (Å²) in [5.74, 6) is -0.0421. The van der Waals surface area contributed by atoms with Gasteiger partial charge in [0, 0.05) is 18.7 Å². The Balaban J connectivity index is 1.84. The molecule has 0 saturated carbocycles. The van der Waals surface area contributed by atoms with E-state index in [1.54, 1.807) is 12.1 Å². The third-order valence-electron chi connectivity index (χ3n) is 2.99. The van der Waals surface area contributed by atoms with Gasteiger partial charge in [-0.25, -0.2) is 0 Å². The zero-order valence-electron chi connectivity index (χ0n) is 10.8. The van der Waals surface area contributed by atoms with Crippen molar-refractivity contribution in [1.29, 1.82) is 0 Å². The first-order valence-corrected chi connectivity index (χ1v) is 6.41. The van der Waals surface area contributed by atoms with Crippen LogP contribution in [0.4, 0.5) is 0 Å². The van der Waals surface area contributed by atoms with E-state index in [4.69, 9.17) is 5.73 Å². The summed E-state index contributed by atoms with van der Waals surface area (Å²) in [5, 5.41) is 2.91. The second-order valence-electron chi connectivity index (χ2n) is 4.39. The lowest BCUT2D eigenvalue weighted by atomic mass is 10.1. The molecule has 0 radical (unpaired) electrons. The number of carbonyl (C=O) groups excluding carboxylic acids is 1. The molecular formula is C16H18N2O. The Bertz CT molecular complexity index is 520. The Morgan fingerprint density at radius 2 is 1.63 bits per heavy atom. The molecule has 0 spiro atoms. The molecule has 0 aromatic heterocycles. The van der Waals surface area contributed by atoms with Gasteiger partial charge >= 0.3 is 0 Å². The molecule has 0 unspecified atom stereocenters. The Morgan fingerprint density at radius 3 is 2.26 bits per heavy atom. The summed E-state index contributed by atoms with van der Waals surface area (Å²) in [6, 6.07) is 17.5. The van der Waals surface area contributed by atoms with Crippen molar-refractivity contribution in [2.45, 2.75) is 13.0 Å². The molecule has 2 aromatic rings. The van der Waals surface area contributed by atoms with E-state index in [1.165, 1.54) is 5.56 Å². The summed E-state index contributed by atoms with van der Waals surface area (Å²) in [5.41, 5.74) is 8.44. The minimum atomic E-state index is -0.0421. The highest BCUT2D eigenvalue weighted by Gasteiger charge is 2.04. The molecule has 0 saturated heterocycles. The molecule has 1 amide bonds. The van der Waals surface area contributed by atoms with E-state index in [-0.39, 0.29) is 5.91 Å². The molecule has 2 rings (SSSR count). The van der Waals surface area contributed by atoms with Gasteiger partial charge in [0.05, 0.1) is 0 Å². The van der Waals surface area contributed by atoms with Crippen LogP contribution in [0.15, 0.2) is 54.6 Å². The molecule has 0 fully saturated rings. The highest BCUT2D eigenvalue weighted by molar-refractivity contribution is 5.94. The van der Waals surface area contributed by atoms with Crippen LogP contribution in [0.3, 0.4) is 0 Å². The maximum absolute atomic E-state index is 11.9. The largest absolute Gasteiger partial charge is 0.352 e. The molecule has 0 bridgehead atoms. The predicted octanol–water partition coefficient (Wildman–Crippen LogP) is 2.12. The predicted molar refractivity (Wildman–Crippen MR) is 76.8 cm³/mol. The Morgan fingerprint density at radius 1 is 0.947 bits per heavy atom. The number of amides is 1. The molecule has 0 heterocycles. The zero-order valence-corrected chi connectivity index (χ0v) is 10.8. The van der Waals surface area contributed by atoms with Crippen molar-refractivity contribution in [2.75, 3.05) is 6.54 Å². The molecule has 0 atom stereocenters. The first kappa shape index (κ1) is 13.3. The monoisotopic (exact) mass is 254 g/mol. The summed E-state index contributed by atoms with van der Waals surface area (Å²) in [4.78, 5) is 11.9. The topological polar surface area (TPSA) is 55.1 Å². The molecule has 3 nitrogen and oxygen atoms in total. The molecule has 19 heavy (non-hydrogen) atoms. The molecule has 0 aliphatic rings. The molecule has 98 valence electrons. The number of nitrogens with one attached hydrogen (secondary N) is 1. The third kappa shape index (κ3) is 3.93. The minimum Gasteiger partial charge on any atom is -0.352 e. The summed E-state index contributed by atoms with van der Waals surface area (Å²) in [6.07, 6.45) is 0.841. The highest BCUT2D eigenvalue weighted by Crippen LogP contribution is 2.04.